The Morgan fingerprint density at radius 1 is 1.11 bits per heavy atom. The zero-order chi connectivity index (χ0) is 13.1. The highest BCUT2D eigenvalue weighted by Crippen LogP contribution is 2.19. The summed E-state index contributed by atoms with van der Waals surface area (Å²) in [5.74, 6) is 0.818. The standard InChI is InChI=1S/C14H16N4O/c19-11-4-3-9-18(10-11)14-7-6-13(16-17-14)12-5-1-2-8-15-12/h1-2,5-8,11,19H,3-4,9-10H2. The van der Waals surface area contributed by atoms with Crippen molar-refractivity contribution >= 4 is 5.82 Å². The molecule has 1 fully saturated rings. The molecule has 0 bridgehead atoms. The summed E-state index contributed by atoms with van der Waals surface area (Å²) in [4.78, 5) is 6.32. The SMILES string of the molecule is OC1CCCN(c2ccc(-c3ccccn3)nn2)C1. The summed E-state index contributed by atoms with van der Waals surface area (Å²) >= 11 is 0. The summed E-state index contributed by atoms with van der Waals surface area (Å²) in [7, 11) is 0. The molecule has 0 spiro atoms. The summed E-state index contributed by atoms with van der Waals surface area (Å²) < 4.78 is 0. The van der Waals surface area contributed by atoms with Crippen LogP contribution in [0.5, 0.6) is 0 Å². The average molecular weight is 256 g/mol. The van der Waals surface area contributed by atoms with E-state index >= 15 is 0 Å². The molecule has 2 aromatic rings. The minimum Gasteiger partial charge on any atom is -0.391 e. The molecule has 3 heterocycles. The quantitative estimate of drug-likeness (QED) is 0.882. The molecule has 1 unspecified atom stereocenters. The molecule has 0 aliphatic carbocycles. The fraction of sp³-hybridized carbons (Fsp3) is 0.357. The van der Waals surface area contributed by atoms with Gasteiger partial charge in [0.15, 0.2) is 5.82 Å². The Morgan fingerprint density at radius 3 is 2.74 bits per heavy atom. The van der Waals surface area contributed by atoms with Crippen molar-refractivity contribution in [1.82, 2.24) is 15.2 Å². The van der Waals surface area contributed by atoms with Gasteiger partial charge in [-0.25, -0.2) is 0 Å². The molecule has 5 heteroatoms. The Bertz CT molecular complexity index is 529. The molecule has 1 N–H and O–H groups in total. The van der Waals surface area contributed by atoms with Crippen molar-refractivity contribution in [2.24, 2.45) is 0 Å². The van der Waals surface area contributed by atoms with Crippen molar-refractivity contribution in [2.45, 2.75) is 18.9 Å². The Balaban J connectivity index is 1.79. The summed E-state index contributed by atoms with van der Waals surface area (Å²) in [5, 5.41) is 18.1. The smallest absolute Gasteiger partial charge is 0.151 e. The second kappa shape index (κ2) is 5.32. The first-order chi connectivity index (χ1) is 9.33. The number of piperidine rings is 1. The van der Waals surface area contributed by atoms with Gasteiger partial charge in [0.2, 0.25) is 0 Å². The highest BCUT2D eigenvalue weighted by Gasteiger charge is 2.19. The first-order valence-electron chi connectivity index (χ1n) is 6.51. The predicted octanol–water partition coefficient (Wildman–Crippen LogP) is 1.50. The van der Waals surface area contributed by atoms with Crippen molar-refractivity contribution in [1.29, 1.82) is 0 Å². The molecule has 3 rings (SSSR count). The van der Waals surface area contributed by atoms with Gasteiger partial charge in [-0.15, -0.1) is 10.2 Å². The number of hydrogen-bond donors (Lipinski definition) is 1. The molecule has 1 atom stereocenters. The van der Waals surface area contributed by atoms with Crippen LogP contribution in [0.25, 0.3) is 11.4 Å². The van der Waals surface area contributed by atoms with Crippen molar-refractivity contribution in [3.8, 4) is 11.4 Å². The average Bonchev–Trinajstić information content (AvgIpc) is 2.48. The minimum absolute atomic E-state index is 0.258. The topological polar surface area (TPSA) is 62.1 Å². The van der Waals surface area contributed by atoms with Gasteiger partial charge in [-0.05, 0) is 37.1 Å². The largest absolute Gasteiger partial charge is 0.391 e. The lowest BCUT2D eigenvalue weighted by atomic mass is 10.1. The van der Waals surface area contributed by atoms with Gasteiger partial charge >= 0.3 is 0 Å². The van der Waals surface area contributed by atoms with Crippen LogP contribution in [0.1, 0.15) is 12.8 Å². The number of aliphatic hydroxyl groups excluding tert-OH is 1. The molecule has 0 aromatic carbocycles. The van der Waals surface area contributed by atoms with Crippen LogP contribution >= 0.6 is 0 Å². The third-order valence-corrected chi connectivity index (χ3v) is 3.30. The minimum atomic E-state index is -0.258. The predicted molar refractivity (Wildman–Crippen MR) is 72.7 cm³/mol. The molecule has 98 valence electrons. The monoisotopic (exact) mass is 256 g/mol. The Kier molecular flexibility index (Phi) is 3.37. The molecule has 0 radical (unpaired) electrons. The van der Waals surface area contributed by atoms with Crippen LogP contribution in [-0.4, -0.2) is 39.5 Å². The maximum absolute atomic E-state index is 9.67. The molecular formula is C14H16N4O. The Hall–Kier alpha value is -2.01. The first-order valence-corrected chi connectivity index (χ1v) is 6.51. The zero-order valence-electron chi connectivity index (χ0n) is 10.6. The summed E-state index contributed by atoms with van der Waals surface area (Å²) in [6.45, 7) is 1.56. The highest BCUT2D eigenvalue weighted by atomic mass is 16.3. The third kappa shape index (κ3) is 2.71. The maximum Gasteiger partial charge on any atom is 0.151 e. The zero-order valence-corrected chi connectivity index (χ0v) is 10.6. The van der Waals surface area contributed by atoms with E-state index in [0.717, 1.165) is 36.6 Å². The van der Waals surface area contributed by atoms with Crippen LogP contribution in [0.4, 0.5) is 5.82 Å². The normalized spacial score (nSPS) is 19.4. The summed E-state index contributed by atoms with van der Waals surface area (Å²) in [6.07, 6.45) is 3.35. The number of β-amino-alcohol motifs (C(OH)–C–C–N with tert-alkyl or cyclic N) is 1. The van der Waals surface area contributed by atoms with Crippen molar-refractivity contribution < 1.29 is 5.11 Å². The second-order valence-corrected chi connectivity index (χ2v) is 4.73. The van der Waals surface area contributed by atoms with Crippen LogP contribution in [0, 0.1) is 0 Å². The van der Waals surface area contributed by atoms with E-state index in [1.54, 1.807) is 6.20 Å². The molecule has 19 heavy (non-hydrogen) atoms. The molecule has 1 saturated heterocycles. The van der Waals surface area contributed by atoms with Gasteiger partial charge in [-0.3, -0.25) is 4.98 Å². The lowest BCUT2D eigenvalue weighted by molar-refractivity contribution is 0.154. The fourth-order valence-electron chi connectivity index (χ4n) is 2.31. The number of pyridine rings is 1. The molecule has 0 amide bonds. The van der Waals surface area contributed by atoms with Crippen molar-refractivity contribution in [3.05, 3.63) is 36.5 Å². The highest BCUT2D eigenvalue weighted by molar-refractivity contribution is 5.54. The van der Waals surface area contributed by atoms with Gasteiger partial charge in [0.1, 0.15) is 5.69 Å². The maximum atomic E-state index is 9.67. The molecular weight excluding hydrogens is 240 g/mol. The van der Waals surface area contributed by atoms with E-state index in [9.17, 15) is 5.11 Å². The number of hydrogen-bond acceptors (Lipinski definition) is 5. The number of nitrogens with zero attached hydrogens (tertiary/aromatic N) is 4. The lowest BCUT2D eigenvalue weighted by Crippen LogP contribution is -2.38. The van der Waals surface area contributed by atoms with Crippen molar-refractivity contribution in [2.75, 3.05) is 18.0 Å². The van der Waals surface area contributed by atoms with Gasteiger partial charge in [0.25, 0.3) is 0 Å². The summed E-state index contributed by atoms with van der Waals surface area (Å²) in [5.41, 5.74) is 1.59. The molecule has 1 aliphatic heterocycles. The number of anilines is 1. The van der Waals surface area contributed by atoms with Crippen LogP contribution in [0.2, 0.25) is 0 Å². The van der Waals surface area contributed by atoms with E-state index < -0.39 is 0 Å². The number of aromatic nitrogens is 3. The van der Waals surface area contributed by atoms with Gasteiger partial charge in [0.05, 0.1) is 11.8 Å². The van der Waals surface area contributed by atoms with E-state index in [-0.39, 0.29) is 6.10 Å². The molecule has 0 saturated carbocycles. The van der Waals surface area contributed by atoms with Gasteiger partial charge in [-0.2, -0.15) is 0 Å². The van der Waals surface area contributed by atoms with Gasteiger partial charge < -0.3 is 10.0 Å². The molecule has 1 aliphatic rings. The van der Waals surface area contributed by atoms with E-state index in [4.69, 9.17) is 0 Å². The van der Waals surface area contributed by atoms with Gasteiger partial charge in [0, 0.05) is 19.3 Å². The first kappa shape index (κ1) is 12.0. The van der Waals surface area contributed by atoms with Crippen LogP contribution in [0.3, 0.4) is 0 Å². The second-order valence-electron chi connectivity index (χ2n) is 4.73. The Labute approximate surface area is 111 Å². The van der Waals surface area contributed by atoms with Crippen LogP contribution < -0.4 is 4.90 Å². The number of aliphatic hydroxyl groups is 1. The number of rotatable bonds is 2. The van der Waals surface area contributed by atoms with E-state index in [1.807, 2.05) is 30.3 Å². The van der Waals surface area contributed by atoms with Gasteiger partial charge in [-0.1, -0.05) is 6.07 Å². The fourth-order valence-corrected chi connectivity index (χ4v) is 2.31. The van der Waals surface area contributed by atoms with Crippen LogP contribution in [-0.2, 0) is 0 Å². The third-order valence-electron chi connectivity index (χ3n) is 3.30. The molecule has 5 nitrogen and oxygen atoms in total. The van der Waals surface area contributed by atoms with Crippen molar-refractivity contribution in [3.63, 3.8) is 0 Å². The molecule has 2 aromatic heterocycles. The Morgan fingerprint density at radius 2 is 2.05 bits per heavy atom. The van der Waals surface area contributed by atoms with E-state index in [2.05, 4.69) is 20.1 Å². The van der Waals surface area contributed by atoms with Crippen LogP contribution in [0.15, 0.2) is 36.5 Å². The lowest BCUT2D eigenvalue weighted by Gasteiger charge is -2.30. The van der Waals surface area contributed by atoms with E-state index in [1.165, 1.54) is 0 Å². The van der Waals surface area contributed by atoms with E-state index in [0.29, 0.717) is 6.54 Å². The summed E-state index contributed by atoms with van der Waals surface area (Å²) in [6, 6.07) is 9.58.